The molecule has 0 aliphatic rings. The molecular formula is C17H28N2O2. The van der Waals surface area contributed by atoms with Crippen LogP contribution in [0.4, 0.5) is 0 Å². The van der Waals surface area contributed by atoms with Crippen LogP contribution < -0.4 is 4.74 Å². The fourth-order valence-electron chi connectivity index (χ4n) is 2.09. The summed E-state index contributed by atoms with van der Waals surface area (Å²) >= 11 is 0. The first-order valence-electron chi connectivity index (χ1n) is 7.73. The molecule has 0 radical (unpaired) electrons. The van der Waals surface area contributed by atoms with Gasteiger partial charge in [0, 0.05) is 13.6 Å². The van der Waals surface area contributed by atoms with Crippen LogP contribution in [0.5, 0.6) is 5.75 Å². The molecule has 118 valence electrons. The molecule has 0 N–H and O–H groups in total. The normalized spacial score (nSPS) is 10.7. The molecule has 0 spiro atoms. The number of carbonyl (C=O) groups is 1. The smallest absolute Gasteiger partial charge is 0.236 e. The molecule has 4 heteroatoms. The number of hydrogen-bond acceptors (Lipinski definition) is 3. The van der Waals surface area contributed by atoms with E-state index in [-0.39, 0.29) is 5.91 Å². The van der Waals surface area contributed by atoms with Crippen LogP contribution in [0.1, 0.15) is 25.8 Å². The zero-order valence-electron chi connectivity index (χ0n) is 13.8. The zero-order valence-corrected chi connectivity index (χ0v) is 13.8. The first-order valence-corrected chi connectivity index (χ1v) is 7.73. The Morgan fingerprint density at radius 1 is 1.19 bits per heavy atom. The van der Waals surface area contributed by atoms with Crippen molar-refractivity contribution in [2.75, 3.05) is 39.8 Å². The van der Waals surface area contributed by atoms with Crippen molar-refractivity contribution in [3.8, 4) is 5.75 Å². The van der Waals surface area contributed by atoms with Crippen molar-refractivity contribution in [3.63, 3.8) is 0 Å². The van der Waals surface area contributed by atoms with Crippen molar-refractivity contribution >= 4 is 5.91 Å². The summed E-state index contributed by atoms with van der Waals surface area (Å²) < 4.78 is 5.74. The van der Waals surface area contributed by atoms with E-state index in [4.69, 9.17) is 4.74 Å². The van der Waals surface area contributed by atoms with Crippen molar-refractivity contribution < 1.29 is 9.53 Å². The van der Waals surface area contributed by atoms with Crippen molar-refractivity contribution in [1.29, 1.82) is 0 Å². The number of rotatable bonds is 9. The molecule has 0 fully saturated rings. The first kappa shape index (κ1) is 17.5. The molecule has 0 unspecified atom stereocenters. The molecule has 0 saturated heterocycles. The van der Waals surface area contributed by atoms with E-state index in [0.29, 0.717) is 13.2 Å². The van der Waals surface area contributed by atoms with Gasteiger partial charge < -0.3 is 9.64 Å². The summed E-state index contributed by atoms with van der Waals surface area (Å²) in [6.45, 7) is 9.87. The number of aryl methyl sites for hydroxylation is 1. The fourth-order valence-corrected chi connectivity index (χ4v) is 2.09. The van der Waals surface area contributed by atoms with E-state index in [2.05, 4.69) is 18.7 Å². The highest BCUT2D eigenvalue weighted by molar-refractivity contribution is 5.77. The van der Waals surface area contributed by atoms with Crippen LogP contribution in [0.15, 0.2) is 24.3 Å². The second-order valence-electron chi connectivity index (χ2n) is 5.24. The molecule has 1 aromatic carbocycles. The Hall–Kier alpha value is -1.55. The van der Waals surface area contributed by atoms with E-state index >= 15 is 0 Å². The highest BCUT2D eigenvalue weighted by atomic mass is 16.5. The number of para-hydroxylation sites is 1. The van der Waals surface area contributed by atoms with Crippen molar-refractivity contribution in [2.45, 2.75) is 27.2 Å². The number of likely N-dealkylation sites (N-methyl/N-ethyl adjacent to an activating group) is 2. The van der Waals surface area contributed by atoms with Gasteiger partial charge >= 0.3 is 0 Å². The molecule has 0 heterocycles. The summed E-state index contributed by atoms with van der Waals surface area (Å²) in [5.41, 5.74) is 1.14. The molecule has 1 amide bonds. The molecule has 0 saturated carbocycles. The number of nitrogens with zero attached hydrogens (tertiary/aromatic N) is 2. The Labute approximate surface area is 128 Å². The lowest BCUT2D eigenvalue weighted by Gasteiger charge is -2.22. The maximum atomic E-state index is 12.0. The highest BCUT2D eigenvalue weighted by Gasteiger charge is 2.11. The SMILES string of the molecule is CCN(CC)CC(=O)N(C)CCCOc1ccccc1C. The predicted molar refractivity (Wildman–Crippen MR) is 86.7 cm³/mol. The van der Waals surface area contributed by atoms with Crippen molar-refractivity contribution in [2.24, 2.45) is 0 Å². The molecule has 4 nitrogen and oxygen atoms in total. The summed E-state index contributed by atoms with van der Waals surface area (Å²) in [4.78, 5) is 16.0. The van der Waals surface area contributed by atoms with Crippen LogP contribution in [-0.4, -0.2) is 55.5 Å². The molecule has 0 aliphatic heterocycles. The van der Waals surface area contributed by atoms with E-state index in [1.54, 1.807) is 4.90 Å². The average molecular weight is 292 g/mol. The van der Waals surface area contributed by atoms with Crippen molar-refractivity contribution in [1.82, 2.24) is 9.80 Å². The second kappa shape index (κ2) is 9.40. The third kappa shape index (κ3) is 6.17. The van der Waals surface area contributed by atoms with Gasteiger partial charge in [0.1, 0.15) is 5.75 Å². The number of carbonyl (C=O) groups excluding carboxylic acids is 1. The van der Waals surface area contributed by atoms with E-state index in [1.165, 1.54) is 0 Å². The first-order chi connectivity index (χ1) is 10.1. The lowest BCUT2D eigenvalue weighted by molar-refractivity contribution is -0.131. The fraction of sp³-hybridized carbons (Fsp3) is 0.588. The number of amides is 1. The van der Waals surface area contributed by atoms with Gasteiger partial charge in [-0.25, -0.2) is 0 Å². The molecule has 0 aromatic heterocycles. The zero-order chi connectivity index (χ0) is 15.7. The van der Waals surface area contributed by atoms with Gasteiger partial charge in [0.15, 0.2) is 0 Å². The molecular weight excluding hydrogens is 264 g/mol. The van der Waals surface area contributed by atoms with Crippen LogP contribution in [0.3, 0.4) is 0 Å². The Kier molecular flexibility index (Phi) is 7.83. The molecule has 0 bridgehead atoms. The van der Waals surface area contributed by atoms with Crippen molar-refractivity contribution in [3.05, 3.63) is 29.8 Å². The highest BCUT2D eigenvalue weighted by Crippen LogP contribution is 2.16. The summed E-state index contributed by atoms with van der Waals surface area (Å²) in [5, 5.41) is 0. The maximum Gasteiger partial charge on any atom is 0.236 e. The lowest BCUT2D eigenvalue weighted by atomic mass is 10.2. The Morgan fingerprint density at radius 3 is 2.48 bits per heavy atom. The molecule has 21 heavy (non-hydrogen) atoms. The monoisotopic (exact) mass is 292 g/mol. The van der Waals surface area contributed by atoms with Crippen LogP contribution in [0.2, 0.25) is 0 Å². The van der Waals surface area contributed by atoms with E-state index in [9.17, 15) is 4.79 Å². The number of benzene rings is 1. The van der Waals surface area contributed by atoms with E-state index < -0.39 is 0 Å². The van der Waals surface area contributed by atoms with Crippen LogP contribution in [-0.2, 0) is 4.79 Å². The molecule has 0 aliphatic carbocycles. The van der Waals surface area contributed by atoms with Crippen LogP contribution in [0, 0.1) is 6.92 Å². The summed E-state index contributed by atoms with van der Waals surface area (Å²) in [5.74, 6) is 1.10. The van der Waals surface area contributed by atoms with Gasteiger partial charge in [0.2, 0.25) is 5.91 Å². The minimum Gasteiger partial charge on any atom is -0.493 e. The number of hydrogen-bond donors (Lipinski definition) is 0. The third-order valence-electron chi connectivity index (χ3n) is 3.67. The largest absolute Gasteiger partial charge is 0.493 e. The summed E-state index contributed by atoms with van der Waals surface area (Å²) in [6, 6.07) is 7.99. The van der Waals surface area contributed by atoms with Gasteiger partial charge in [0.05, 0.1) is 13.2 Å². The third-order valence-corrected chi connectivity index (χ3v) is 3.67. The van der Waals surface area contributed by atoms with Gasteiger partial charge in [0.25, 0.3) is 0 Å². The molecule has 1 aromatic rings. The molecule has 1 rings (SSSR count). The standard InChI is InChI=1S/C17H28N2O2/c1-5-19(6-2)14-17(20)18(4)12-9-13-21-16-11-8-7-10-15(16)3/h7-8,10-11H,5-6,9,12-14H2,1-4H3. The summed E-state index contributed by atoms with van der Waals surface area (Å²) in [7, 11) is 1.86. The van der Waals surface area contributed by atoms with Crippen LogP contribution in [0.25, 0.3) is 0 Å². The number of ether oxygens (including phenoxy) is 1. The maximum absolute atomic E-state index is 12.0. The predicted octanol–water partition coefficient (Wildman–Crippen LogP) is 2.56. The second-order valence-corrected chi connectivity index (χ2v) is 5.24. The van der Waals surface area contributed by atoms with Crippen LogP contribution >= 0.6 is 0 Å². The quantitative estimate of drug-likeness (QED) is 0.656. The minimum absolute atomic E-state index is 0.176. The van der Waals surface area contributed by atoms with Gasteiger partial charge in [-0.1, -0.05) is 32.0 Å². The Balaban J connectivity index is 2.25. The minimum atomic E-state index is 0.176. The van der Waals surface area contributed by atoms with E-state index in [1.807, 2.05) is 38.2 Å². The topological polar surface area (TPSA) is 32.8 Å². The van der Waals surface area contributed by atoms with Gasteiger partial charge in [-0.15, -0.1) is 0 Å². The average Bonchev–Trinajstić information content (AvgIpc) is 2.50. The Bertz CT molecular complexity index is 431. The lowest BCUT2D eigenvalue weighted by Crippen LogP contribution is -2.38. The Morgan fingerprint density at radius 2 is 1.86 bits per heavy atom. The summed E-state index contributed by atoms with van der Waals surface area (Å²) in [6.07, 6.45) is 0.842. The van der Waals surface area contributed by atoms with Gasteiger partial charge in [-0.2, -0.15) is 0 Å². The van der Waals surface area contributed by atoms with Gasteiger partial charge in [-0.3, -0.25) is 9.69 Å². The van der Waals surface area contributed by atoms with Gasteiger partial charge in [-0.05, 0) is 38.1 Å². The molecule has 0 atom stereocenters. The van der Waals surface area contributed by atoms with E-state index in [0.717, 1.165) is 37.4 Å².